The van der Waals surface area contributed by atoms with E-state index in [4.69, 9.17) is 4.74 Å². The van der Waals surface area contributed by atoms with Gasteiger partial charge >= 0.3 is 0 Å². The van der Waals surface area contributed by atoms with Gasteiger partial charge in [-0.1, -0.05) is 4.68 Å². The van der Waals surface area contributed by atoms with Gasteiger partial charge in [-0.05, 0) is 5.10 Å². The molecule has 1 aromatic heterocycles. The minimum atomic E-state index is -4.27. The number of carbonyl (C=O) groups excluding carboxylic acids is 1. The topological polar surface area (TPSA) is 112 Å². The second-order valence-corrected chi connectivity index (χ2v) is 5.21. The van der Waals surface area contributed by atoms with E-state index in [1.807, 2.05) is 0 Å². The van der Waals surface area contributed by atoms with Crippen LogP contribution in [0.25, 0.3) is 0 Å². The molecular weight excluding hydrogens is 274 g/mol. The SMILES string of the molecule is COCCNC(=O)c1cc[n+](CCS(=O)(=O)[O-])nc1. The number of methoxy groups -OCH3 is 1. The lowest BCUT2D eigenvalue weighted by Crippen LogP contribution is -2.41. The van der Waals surface area contributed by atoms with Crippen molar-refractivity contribution in [3.05, 3.63) is 24.0 Å². The smallest absolute Gasteiger partial charge is 0.253 e. The summed E-state index contributed by atoms with van der Waals surface area (Å²) < 4.78 is 37.4. The van der Waals surface area contributed by atoms with Crippen molar-refractivity contribution in [1.82, 2.24) is 10.4 Å². The third-order valence-electron chi connectivity index (χ3n) is 2.20. The highest BCUT2D eigenvalue weighted by atomic mass is 32.2. The largest absolute Gasteiger partial charge is 0.748 e. The van der Waals surface area contributed by atoms with Gasteiger partial charge in [-0.15, -0.1) is 0 Å². The number of carbonyl (C=O) groups is 1. The van der Waals surface area contributed by atoms with Gasteiger partial charge in [0.05, 0.1) is 17.9 Å². The molecule has 1 aromatic rings. The molecule has 0 spiro atoms. The molecule has 0 aliphatic carbocycles. The van der Waals surface area contributed by atoms with Crippen molar-refractivity contribution in [1.29, 1.82) is 0 Å². The first-order valence-corrected chi connectivity index (χ1v) is 7.06. The maximum absolute atomic E-state index is 11.6. The summed E-state index contributed by atoms with van der Waals surface area (Å²) in [4.78, 5) is 11.6. The van der Waals surface area contributed by atoms with Crippen molar-refractivity contribution in [3.63, 3.8) is 0 Å². The summed E-state index contributed by atoms with van der Waals surface area (Å²) in [6.45, 7) is 0.753. The molecule has 0 radical (unpaired) electrons. The fraction of sp³-hybridized carbons (Fsp3) is 0.500. The summed E-state index contributed by atoms with van der Waals surface area (Å²) in [6, 6.07) is 1.49. The summed E-state index contributed by atoms with van der Waals surface area (Å²) in [7, 11) is -2.74. The van der Waals surface area contributed by atoms with Crippen LogP contribution in [-0.2, 0) is 21.4 Å². The van der Waals surface area contributed by atoms with Crippen LogP contribution in [0.4, 0.5) is 0 Å². The first-order valence-electron chi connectivity index (χ1n) is 5.49. The van der Waals surface area contributed by atoms with Gasteiger partial charge in [-0.3, -0.25) is 4.79 Å². The molecule has 0 saturated carbocycles. The maximum atomic E-state index is 11.6. The average Bonchev–Trinajstić information content (AvgIpc) is 2.36. The Morgan fingerprint density at radius 3 is 2.84 bits per heavy atom. The number of nitrogens with zero attached hydrogens (tertiary/aromatic N) is 2. The van der Waals surface area contributed by atoms with Crippen LogP contribution in [0.3, 0.4) is 0 Å². The van der Waals surface area contributed by atoms with E-state index in [0.717, 1.165) is 0 Å². The lowest BCUT2D eigenvalue weighted by molar-refractivity contribution is -0.750. The Bertz CT molecular complexity index is 514. The number of aryl methyl sites for hydroxylation is 1. The molecule has 106 valence electrons. The number of hydrogen-bond acceptors (Lipinski definition) is 6. The zero-order chi connectivity index (χ0) is 14.3. The summed E-state index contributed by atoms with van der Waals surface area (Å²) in [5, 5.41) is 6.47. The van der Waals surface area contributed by atoms with E-state index >= 15 is 0 Å². The summed E-state index contributed by atoms with van der Waals surface area (Å²) in [6.07, 6.45) is 2.75. The monoisotopic (exact) mass is 289 g/mol. The van der Waals surface area contributed by atoms with E-state index < -0.39 is 15.9 Å². The number of hydrogen-bond donors (Lipinski definition) is 1. The van der Waals surface area contributed by atoms with Gasteiger partial charge in [0, 0.05) is 19.7 Å². The first-order chi connectivity index (χ1) is 8.92. The second kappa shape index (κ2) is 7.12. The molecule has 0 aliphatic heterocycles. The Hall–Kier alpha value is -1.58. The second-order valence-electron chi connectivity index (χ2n) is 3.69. The highest BCUT2D eigenvalue weighted by molar-refractivity contribution is 7.85. The molecule has 1 amide bonds. The van der Waals surface area contributed by atoms with Crippen LogP contribution >= 0.6 is 0 Å². The van der Waals surface area contributed by atoms with Crippen LogP contribution in [-0.4, -0.2) is 50.0 Å². The fourth-order valence-corrected chi connectivity index (χ4v) is 1.64. The molecule has 8 nitrogen and oxygen atoms in total. The van der Waals surface area contributed by atoms with Crippen molar-refractivity contribution in [3.8, 4) is 0 Å². The maximum Gasteiger partial charge on any atom is 0.253 e. The third-order valence-corrected chi connectivity index (χ3v) is 2.88. The minimum Gasteiger partial charge on any atom is -0.748 e. The fourth-order valence-electron chi connectivity index (χ4n) is 1.22. The van der Waals surface area contributed by atoms with Gasteiger partial charge in [0.25, 0.3) is 5.91 Å². The quantitative estimate of drug-likeness (QED) is 0.363. The van der Waals surface area contributed by atoms with E-state index in [0.29, 0.717) is 18.7 Å². The lowest BCUT2D eigenvalue weighted by atomic mass is 10.3. The minimum absolute atomic E-state index is 0.0442. The van der Waals surface area contributed by atoms with Gasteiger partial charge in [0.2, 0.25) is 0 Å². The number of aromatic nitrogens is 2. The number of ether oxygens (including phenoxy) is 1. The number of amides is 1. The van der Waals surface area contributed by atoms with E-state index in [-0.39, 0.29) is 12.5 Å². The summed E-state index contributed by atoms with van der Waals surface area (Å²) >= 11 is 0. The number of nitrogens with one attached hydrogen (secondary N) is 1. The predicted octanol–water partition coefficient (Wildman–Crippen LogP) is -1.71. The van der Waals surface area contributed by atoms with Crippen molar-refractivity contribution in [2.45, 2.75) is 6.54 Å². The van der Waals surface area contributed by atoms with Crippen molar-refractivity contribution in [2.24, 2.45) is 0 Å². The molecule has 1 heterocycles. The van der Waals surface area contributed by atoms with Crippen LogP contribution in [0.15, 0.2) is 18.5 Å². The van der Waals surface area contributed by atoms with Gasteiger partial charge in [0.15, 0.2) is 12.7 Å². The lowest BCUT2D eigenvalue weighted by Gasteiger charge is -2.04. The molecular formula is C10H15N3O5S. The van der Waals surface area contributed by atoms with Gasteiger partial charge in [-0.2, -0.15) is 0 Å². The summed E-state index contributed by atoms with van der Waals surface area (Å²) in [5.41, 5.74) is 0.345. The predicted molar refractivity (Wildman–Crippen MR) is 63.2 cm³/mol. The van der Waals surface area contributed by atoms with Crippen molar-refractivity contribution in [2.75, 3.05) is 26.0 Å². The normalized spacial score (nSPS) is 11.3. The van der Waals surface area contributed by atoms with E-state index in [2.05, 4.69) is 10.4 Å². The van der Waals surface area contributed by atoms with E-state index in [9.17, 15) is 17.8 Å². The first kappa shape index (κ1) is 15.5. The Labute approximate surface area is 111 Å². The standard InChI is InChI=1S/C10H15N3O5S/c1-18-6-3-11-10(14)9-2-4-13(12-8-9)5-7-19(15,16)17/h2,4,8H,3,5-7H2,1H3,(H-,11,14,15,16,17). The number of rotatable bonds is 7. The van der Waals surface area contributed by atoms with E-state index in [1.54, 1.807) is 0 Å². The Morgan fingerprint density at radius 1 is 1.58 bits per heavy atom. The highest BCUT2D eigenvalue weighted by Gasteiger charge is 2.10. The van der Waals surface area contributed by atoms with Gasteiger partial charge in [-0.25, -0.2) is 8.42 Å². The molecule has 0 bridgehead atoms. The third kappa shape index (κ3) is 6.22. The zero-order valence-corrected chi connectivity index (χ0v) is 11.2. The Balaban J connectivity index is 2.53. The zero-order valence-electron chi connectivity index (χ0n) is 10.4. The Morgan fingerprint density at radius 2 is 2.32 bits per heavy atom. The van der Waals surface area contributed by atoms with Gasteiger partial charge < -0.3 is 14.6 Å². The van der Waals surface area contributed by atoms with Crippen LogP contribution in [0.2, 0.25) is 0 Å². The molecule has 0 aliphatic rings. The van der Waals surface area contributed by atoms with Crippen molar-refractivity contribution >= 4 is 16.0 Å². The molecule has 1 N–H and O–H groups in total. The Kier molecular flexibility index (Phi) is 5.80. The average molecular weight is 289 g/mol. The van der Waals surface area contributed by atoms with Crippen LogP contribution < -0.4 is 10.00 Å². The molecule has 9 heteroatoms. The van der Waals surface area contributed by atoms with Gasteiger partial charge in [0.1, 0.15) is 16.3 Å². The molecule has 0 unspecified atom stereocenters. The summed E-state index contributed by atoms with van der Waals surface area (Å²) in [5.74, 6) is -0.836. The molecule has 0 saturated heterocycles. The molecule has 0 aromatic carbocycles. The highest BCUT2D eigenvalue weighted by Crippen LogP contribution is 1.92. The van der Waals surface area contributed by atoms with Crippen LogP contribution in [0.1, 0.15) is 10.4 Å². The molecule has 0 fully saturated rings. The molecule has 0 atom stereocenters. The molecule has 19 heavy (non-hydrogen) atoms. The van der Waals surface area contributed by atoms with Crippen molar-refractivity contribution < 1.29 is 27.2 Å². The van der Waals surface area contributed by atoms with Crippen LogP contribution in [0.5, 0.6) is 0 Å². The molecule has 1 rings (SSSR count). The van der Waals surface area contributed by atoms with Crippen LogP contribution in [0, 0.1) is 0 Å². The van der Waals surface area contributed by atoms with E-state index in [1.165, 1.54) is 30.3 Å².